The molecule has 2 aromatic rings. The zero-order valence-electron chi connectivity index (χ0n) is 12.6. The van der Waals surface area contributed by atoms with E-state index in [4.69, 9.17) is 11.6 Å². The molecule has 1 N–H and O–H groups in total. The fourth-order valence-corrected chi connectivity index (χ4v) is 2.59. The Morgan fingerprint density at radius 3 is 2.38 bits per heavy atom. The number of benzene rings is 2. The number of halogens is 1. The Morgan fingerprint density at radius 1 is 1.14 bits per heavy atom. The van der Waals surface area contributed by atoms with Gasteiger partial charge in [-0.25, -0.2) is 0 Å². The Hall–Kier alpha value is -1.80. The fourth-order valence-electron chi connectivity index (χ4n) is 2.46. The summed E-state index contributed by atoms with van der Waals surface area (Å²) in [4.78, 5) is 12.3. The van der Waals surface area contributed by atoms with Crippen molar-refractivity contribution in [2.75, 3.05) is 0 Å². The van der Waals surface area contributed by atoms with E-state index in [1.54, 1.807) is 24.3 Å². The molecular formula is C18H20ClNO. The number of hydrogen-bond acceptors (Lipinski definition) is 1. The van der Waals surface area contributed by atoms with Crippen LogP contribution in [0.25, 0.3) is 0 Å². The Bertz CT molecular complexity index is 634. The van der Waals surface area contributed by atoms with E-state index in [9.17, 15) is 4.79 Å². The summed E-state index contributed by atoms with van der Waals surface area (Å²) >= 11 is 5.85. The van der Waals surface area contributed by atoms with E-state index in [1.165, 1.54) is 16.7 Å². The fraction of sp³-hybridized carbons (Fsp3) is 0.278. The number of rotatable bonds is 4. The second kappa shape index (κ2) is 6.77. The van der Waals surface area contributed by atoms with Crippen molar-refractivity contribution in [3.63, 3.8) is 0 Å². The number of carbonyl (C=O) groups excluding carboxylic acids is 1. The van der Waals surface area contributed by atoms with Crippen molar-refractivity contribution in [3.8, 4) is 0 Å². The highest BCUT2D eigenvalue weighted by atomic mass is 35.5. The van der Waals surface area contributed by atoms with E-state index in [0.29, 0.717) is 10.6 Å². The Balaban J connectivity index is 2.18. The summed E-state index contributed by atoms with van der Waals surface area (Å²) in [5.74, 6) is -0.0708. The Kier molecular flexibility index (Phi) is 5.03. The summed E-state index contributed by atoms with van der Waals surface area (Å²) in [7, 11) is 0. The van der Waals surface area contributed by atoms with E-state index in [2.05, 4.69) is 44.3 Å². The van der Waals surface area contributed by atoms with E-state index in [0.717, 1.165) is 6.42 Å². The molecule has 0 heterocycles. The van der Waals surface area contributed by atoms with Gasteiger partial charge in [-0.2, -0.15) is 0 Å². The van der Waals surface area contributed by atoms with Gasteiger partial charge in [-0.1, -0.05) is 42.3 Å². The number of nitrogens with one attached hydrogen (secondary N) is 1. The minimum Gasteiger partial charge on any atom is -0.345 e. The summed E-state index contributed by atoms with van der Waals surface area (Å²) in [6, 6.07) is 13.3. The second-order valence-electron chi connectivity index (χ2n) is 5.30. The second-order valence-corrected chi connectivity index (χ2v) is 5.74. The number of carbonyl (C=O) groups is 1. The third kappa shape index (κ3) is 3.85. The molecule has 2 aromatic carbocycles. The van der Waals surface area contributed by atoms with Crippen LogP contribution < -0.4 is 5.32 Å². The van der Waals surface area contributed by atoms with Crippen LogP contribution in [0.3, 0.4) is 0 Å². The number of amides is 1. The van der Waals surface area contributed by atoms with Gasteiger partial charge in [0, 0.05) is 10.6 Å². The summed E-state index contributed by atoms with van der Waals surface area (Å²) < 4.78 is 0. The highest BCUT2D eigenvalue weighted by Crippen LogP contribution is 2.22. The molecule has 21 heavy (non-hydrogen) atoms. The molecule has 1 atom stereocenters. The molecule has 0 aliphatic rings. The molecule has 0 aliphatic carbocycles. The summed E-state index contributed by atoms with van der Waals surface area (Å²) in [5, 5.41) is 3.73. The average Bonchev–Trinajstić information content (AvgIpc) is 2.46. The number of hydrogen-bond donors (Lipinski definition) is 1. The van der Waals surface area contributed by atoms with Gasteiger partial charge in [0.2, 0.25) is 0 Å². The molecule has 0 saturated heterocycles. The highest BCUT2D eigenvalue weighted by molar-refractivity contribution is 6.30. The minimum atomic E-state index is -0.0708. The van der Waals surface area contributed by atoms with Crippen LogP contribution in [0.15, 0.2) is 42.5 Å². The van der Waals surface area contributed by atoms with Gasteiger partial charge >= 0.3 is 0 Å². The van der Waals surface area contributed by atoms with Gasteiger partial charge < -0.3 is 5.32 Å². The third-order valence-electron chi connectivity index (χ3n) is 3.62. The van der Waals surface area contributed by atoms with Crippen molar-refractivity contribution in [3.05, 3.63) is 69.7 Å². The molecule has 0 aliphatic heterocycles. The minimum absolute atomic E-state index is 0.0220. The molecule has 0 saturated carbocycles. The van der Waals surface area contributed by atoms with Crippen LogP contribution in [0.4, 0.5) is 0 Å². The van der Waals surface area contributed by atoms with Gasteiger partial charge in [-0.3, -0.25) is 4.79 Å². The molecule has 110 valence electrons. The molecule has 0 fully saturated rings. The van der Waals surface area contributed by atoms with E-state index in [-0.39, 0.29) is 11.9 Å². The maximum absolute atomic E-state index is 12.3. The van der Waals surface area contributed by atoms with Crippen molar-refractivity contribution in [1.29, 1.82) is 0 Å². The van der Waals surface area contributed by atoms with Gasteiger partial charge in [0.1, 0.15) is 0 Å². The molecular weight excluding hydrogens is 282 g/mol. The SMILES string of the molecule is CC[C@@H](NC(=O)c1ccc(Cl)cc1)c1ccc(C)cc1C. The maximum Gasteiger partial charge on any atom is 0.251 e. The molecule has 0 aromatic heterocycles. The van der Waals surface area contributed by atoms with Gasteiger partial charge in [-0.15, -0.1) is 0 Å². The van der Waals surface area contributed by atoms with Crippen molar-refractivity contribution in [2.45, 2.75) is 33.2 Å². The topological polar surface area (TPSA) is 29.1 Å². The van der Waals surface area contributed by atoms with Crippen molar-refractivity contribution in [1.82, 2.24) is 5.32 Å². The van der Waals surface area contributed by atoms with Crippen molar-refractivity contribution < 1.29 is 4.79 Å². The van der Waals surface area contributed by atoms with Crippen molar-refractivity contribution in [2.24, 2.45) is 0 Å². The lowest BCUT2D eigenvalue weighted by molar-refractivity contribution is 0.0935. The first-order valence-electron chi connectivity index (χ1n) is 7.15. The molecule has 0 unspecified atom stereocenters. The standard InChI is InChI=1S/C18H20ClNO/c1-4-17(16-10-5-12(2)11-13(16)3)20-18(21)14-6-8-15(19)9-7-14/h5-11,17H,4H2,1-3H3,(H,20,21)/t17-/m1/s1. The Morgan fingerprint density at radius 2 is 1.81 bits per heavy atom. The van der Waals surface area contributed by atoms with Crippen LogP contribution in [-0.2, 0) is 0 Å². The van der Waals surface area contributed by atoms with E-state index in [1.807, 2.05) is 0 Å². The van der Waals surface area contributed by atoms with Crippen LogP contribution >= 0.6 is 11.6 Å². The zero-order chi connectivity index (χ0) is 15.4. The van der Waals surface area contributed by atoms with Crippen LogP contribution in [0.5, 0.6) is 0 Å². The molecule has 3 heteroatoms. The van der Waals surface area contributed by atoms with Crippen LogP contribution in [0.1, 0.15) is 46.4 Å². The lowest BCUT2D eigenvalue weighted by Crippen LogP contribution is -2.28. The monoisotopic (exact) mass is 301 g/mol. The van der Waals surface area contributed by atoms with Gasteiger partial charge in [-0.05, 0) is 55.7 Å². The zero-order valence-corrected chi connectivity index (χ0v) is 13.4. The summed E-state index contributed by atoms with van der Waals surface area (Å²) in [6.07, 6.45) is 0.850. The lowest BCUT2D eigenvalue weighted by atomic mass is 9.97. The first-order valence-corrected chi connectivity index (χ1v) is 7.52. The predicted octanol–water partition coefficient (Wildman–Crippen LogP) is 4.84. The Labute approximate surface area is 131 Å². The lowest BCUT2D eigenvalue weighted by Gasteiger charge is -2.20. The van der Waals surface area contributed by atoms with Crippen LogP contribution in [0, 0.1) is 13.8 Å². The highest BCUT2D eigenvalue weighted by Gasteiger charge is 2.15. The maximum atomic E-state index is 12.3. The largest absolute Gasteiger partial charge is 0.345 e. The van der Waals surface area contributed by atoms with E-state index < -0.39 is 0 Å². The number of aryl methyl sites for hydroxylation is 2. The normalized spacial score (nSPS) is 12.0. The molecule has 0 spiro atoms. The van der Waals surface area contributed by atoms with Crippen LogP contribution in [-0.4, -0.2) is 5.91 Å². The van der Waals surface area contributed by atoms with Gasteiger partial charge in [0.05, 0.1) is 6.04 Å². The summed E-state index contributed by atoms with van der Waals surface area (Å²) in [5.41, 5.74) is 4.24. The average molecular weight is 302 g/mol. The van der Waals surface area contributed by atoms with E-state index >= 15 is 0 Å². The molecule has 0 radical (unpaired) electrons. The smallest absolute Gasteiger partial charge is 0.251 e. The predicted molar refractivity (Wildman–Crippen MR) is 87.9 cm³/mol. The quantitative estimate of drug-likeness (QED) is 0.860. The first kappa shape index (κ1) is 15.6. The van der Waals surface area contributed by atoms with Gasteiger partial charge in [0.25, 0.3) is 5.91 Å². The first-order chi connectivity index (χ1) is 10.0. The van der Waals surface area contributed by atoms with Crippen molar-refractivity contribution >= 4 is 17.5 Å². The summed E-state index contributed by atoms with van der Waals surface area (Å²) in [6.45, 7) is 6.23. The molecule has 0 bridgehead atoms. The third-order valence-corrected chi connectivity index (χ3v) is 3.87. The van der Waals surface area contributed by atoms with Gasteiger partial charge in [0.15, 0.2) is 0 Å². The molecule has 2 rings (SSSR count). The molecule has 1 amide bonds. The molecule has 2 nitrogen and oxygen atoms in total. The van der Waals surface area contributed by atoms with Crippen LogP contribution in [0.2, 0.25) is 5.02 Å².